The van der Waals surface area contributed by atoms with Gasteiger partial charge in [-0.3, -0.25) is 0 Å². The molecule has 0 unspecified atom stereocenters. The maximum atomic E-state index is 5.58. The number of anilines is 1. The lowest BCUT2D eigenvalue weighted by molar-refractivity contribution is 0.361. The molecular weight excluding hydrogens is 248 g/mol. The summed E-state index contributed by atoms with van der Waals surface area (Å²) in [6.45, 7) is 6.21. The zero-order chi connectivity index (χ0) is 13.2. The third-order valence-corrected chi connectivity index (χ3v) is 3.25. The van der Waals surface area contributed by atoms with E-state index in [1.54, 1.807) is 0 Å². The average molecular weight is 266 g/mol. The number of aryl methyl sites for hydroxylation is 2. The molecule has 0 fully saturated rings. The van der Waals surface area contributed by atoms with Gasteiger partial charge in [0, 0.05) is 17.2 Å². The standard InChI is InChI=1S/C12H18N4OS/c1-12(2,3)10-15-9(17-16-10)6-4-5-8-7-18-11(13)14-8/h7H,4-6H2,1-3H3,(H2,13,14). The number of nitrogens with two attached hydrogens (primary N) is 1. The smallest absolute Gasteiger partial charge is 0.226 e. The molecule has 18 heavy (non-hydrogen) atoms. The molecule has 0 aliphatic heterocycles. The lowest BCUT2D eigenvalue weighted by Crippen LogP contribution is -2.13. The van der Waals surface area contributed by atoms with E-state index in [0.29, 0.717) is 11.0 Å². The second-order valence-electron chi connectivity index (χ2n) is 5.29. The van der Waals surface area contributed by atoms with E-state index in [9.17, 15) is 0 Å². The van der Waals surface area contributed by atoms with Crippen LogP contribution in [0.3, 0.4) is 0 Å². The molecule has 98 valence electrons. The van der Waals surface area contributed by atoms with Crippen LogP contribution in [-0.4, -0.2) is 15.1 Å². The van der Waals surface area contributed by atoms with Crippen molar-refractivity contribution in [3.05, 3.63) is 22.8 Å². The Labute approximate surface area is 110 Å². The van der Waals surface area contributed by atoms with Gasteiger partial charge in [0.2, 0.25) is 5.89 Å². The Morgan fingerprint density at radius 1 is 1.28 bits per heavy atom. The van der Waals surface area contributed by atoms with Crippen molar-refractivity contribution in [1.82, 2.24) is 15.1 Å². The third-order valence-electron chi connectivity index (χ3n) is 2.53. The van der Waals surface area contributed by atoms with Crippen molar-refractivity contribution in [3.63, 3.8) is 0 Å². The molecule has 6 heteroatoms. The largest absolute Gasteiger partial charge is 0.375 e. The van der Waals surface area contributed by atoms with Crippen LogP contribution < -0.4 is 5.73 Å². The molecule has 0 aromatic carbocycles. The fourth-order valence-electron chi connectivity index (χ4n) is 1.52. The minimum Gasteiger partial charge on any atom is -0.375 e. The number of hydrogen-bond donors (Lipinski definition) is 1. The molecule has 0 bridgehead atoms. The van der Waals surface area contributed by atoms with Gasteiger partial charge in [0.15, 0.2) is 11.0 Å². The summed E-state index contributed by atoms with van der Waals surface area (Å²) >= 11 is 1.47. The first-order valence-electron chi connectivity index (χ1n) is 5.98. The molecule has 5 nitrogen and oxygen atoms in total. The van der Waals surface area contributed by atoms with Gasteiger partial charge in [-0.05, 0) is 12.8 Å². The van der Waals surface area contributed by atoms with E-state index in [1.807, 2.05) is 5.38 Å². The van der Waals surface area contributed by atoms with Gasteiger partial charge >= 0.3 is 0 Å². The molecule has 0 atom stereocenters. The van der Waals surface area contributed by atoms with Crippen LogP contribution in [0, 0.1) is 0 Å². The van der Waals surface area contributed by atoms with Crippen molar-refractivity contribution >= 4 is 16.5 Å². The molecule has 0 amide bonds. The Morgan fingerprint density at radius 2 is 2.06 bits per heavy atom. The van der Waals surface area contributed by atoms with Crippen LogP contribution in [0.1, 0.15) is 44.6 Å². The van der Waals surface area contributed by atoms with Crippen LogP contribution in [0.4, 0.5) is 5.13 Å². The number of nitrogen functional groups attached to an aromatic ring is 1. The normalized spacial score (nSPS) is 11.9. The maximum absolute atomic E-state index is 5.58. The quantitative estimate of drug-likeness (QED) is 0.920. The number of aromatic nitrogens is 3. The molecule has 2 N–H and O–H groups in total. The fourth-order valence-corrected chi connectivity index (χ4v) is 2.12. The zero-order valence-electron chi connectivity index (χ0n) is 10.9. The third kappa shape index (κ3) is 3.29. The number of nitrogens with zero attached hydrogens (tertiary/aromatic N) is 3. The Hall–Kier alpha value is -1.43. The van der Waals surface area contributed by atoms with E-state index in [4.69, 9.17) is 10.3 Å². The summed E-state index contributed by atoms with van der Waals surface area (Å²) in [6, 6.07) is 0. The highest BCUT2D eigenvalue weighted by Crippen LogP contribution is 2.19. The van der Waals surface area contributed by atoms with Gasteiger partial charge in [0.25, 0.3) is 0 Å². The van der Waals surface area contributed by atoms with Gasteiger partial charge in [0.05, 0.1) is 5.69 Å². The number of thiazole rings is 1. The van der Waals surface area contributed by atoms with Crippen molar-refractivity contribution in [1.29, 1.82) is 0 Å². The highest BCUT2D eigenvalue weighted by Gasteiger charge is 2.20. The molecule has 2 heterocycles. The summed E-state index contributed by atoms with van der Waals surface area (Å²) in [4.78, 5) is 8.61. The van der Waals surface area contributed by atoms with Crippen LogP contribution in [0.2, 0.25) is 0 Å². The van der Waals surface area contributed by atoms with Crippen molar-refractivity contribution < 1.29 is 4.52 Å². The van der Waals surface area contributed by atoms with Crippen LogP contribution >= 0.6 is 11.3 Å². The van der Waals surface area contributed by atoms with E-state index in [1.165, 1.54) is 11.3 Å². The second kappa shape index (κ2) is 5.06. The van der Waals surface area contributed by atoms with Gasteiger partial charge in [0.1, 0.15) is 0 Å². The van der Waals surface area contributed by atoms with E-state index >= 15 is 0 Å². The van der Waals surface area contributed by atoms with E-state index < -0.39 is 0 Å². The number of hydrogen-bond acceptors (Lipinski definition) is 6. The summed E-state index contributed by atoms with van der Waals surface area (Å²) in [5, 5.41) is 6.61. The van der Waals surface area contributed by atoms with Crippen molar-refractivity contribution in [2.24, 2.45) is 0 Å². The minimum absolute atomic E-state index is 0.0644. The fraction of sp³-hybridized carbons (Fsp3) is 0.583. The van der Waals surface area contributed by atoms with Gasteiger partial charge in [-0.1, -0.05) is 25.9 Å². The summed E-state index contributed by atoms with van der Waals surface area (Å²) in [6.07, 6.45) is 2.61. The summed E-state index contributed by atoms with van der Waals surface area (Å²) in [7, 11) is 0. The molecule has 2 aromatic rings. The minimum atomic E-state index is -0.0644. The van der Waals surface area contributed by atoms with Gasteiger partial charge < -0.3 is 10.3 Å². The lowest BCUT2D eigenvalue weighted by Gasteiger charge is -2.10. The molecule has 0 spiro atoms. The molecule has 0 saturated carbocycles. The molecule has 0 aliphatic carbocycles. The second-order valence-corrected chi connectivity index (χ2v) is 6.18. The average Bonchev–Trinajstić information content (AvgIpc) is 2.87. The molecule has 2 rings (SSSR count). The molecule has 0 aliphatic rings. The van der Waals surface area contributed by atoms with Crippen LogP contribution in [0.15, 0.2) is 9.90 Å². The van der Waals surface area contributed by atoms with E-state index in [0.717, 1.165) is 30.8 Å². The zero-order valence-corrected chi connectivity index (χ0v) is 11.8. The Bertz CT molecular complexity index is 512. The Morgan fingerprint density at radius 3 is 2.61 bits per heavy atom. The summed E-state index contributed by atoms with van der Waals surface area (Å²) in [5.74, 6) is 1.46. The van der Waals surface area contributed by atoms with Crippen molar-refractivity contribution in [2.45, 2.75) is 45.4 Å². The first kappa shape index (κ1) is 13.0. The van der Waals surface area contributed by atoms with Crippen molar-refractivity contribution in [3.8, 4) is 0 Å². The highest BCUT2D eigenvalue weighted by atomic mass is 32.1. The predicted octanol–water partition coefficient (Wildman–Crippen LogP) is 2.58. The Kier molecular flexibility index (Phi) is 3.65. The monoisotopic (exact) mass is 266 g/mol. The van der Waals surface area contributed by atoms with Crippen LogP contribution in [0.25, 0.3) is 0 Å². The van der Waals surface area contributed by atoms with E-state index in [2.05, 4.69) is 35.9 Å². The summed E-state index contributed by atoms with van der Waals surface area (Å²) in [5.41, 5.74) is 6.55. The first-order chi connectivity index (χ1) is 8.45. The predicted molar refractivity (Wildman–Crippen MR) is 71.5 cm³/mol. The molecule has 0 radical (unpaired) electrons. The molecule has 2 aromatic heterocycles. The topological polar surface area (TPSA) is 77.8 Å². The SMILES string of the molecule is CC(C)(C)c1noc(CCCc2csc(N)n2)n1. The molecule has 0 saturated heterocycles. The van der Waals surface area contributed by atoms with Crippen LogP contribution in [0.5, 0.6) is 0 Å². The van der Waals surface area contributed by atoms with Gasteiger partial charge in [-0.2, -0.15) is 4.98 Å². The van der Waals surface area contributed by atoms with Crippen molar-refractivity contribution in [2.75, 3.05) is 5.73 Å². The highest BCUT2D eigenvalue weighted by molar-refractivity contribution is 7.13. The molecular formula is C12H18N4OS. The van der Waals surface area contributed by atoms with E-state index in [-0.39, 0.29) is 5.41 Å². The lowest BCUT2D eigenvalue weighted by atomic mass is 9.96. The summed E-state index contributed by atoms with van der Waals surface area (Å²) < 4.78 is 5.23. The van der Waals surface area contributed by atoms with Gasteiger partial charge in [-0.25, -0.2) is 4.98 Å². The van der Waals surface area contributed by atoms with Crippen LogP contribution in [-0.2, 0) is 18.3 Å². The van der Waals surface area contributed by atoms with Gasteiger partial charge in [-0.15, -0.1) is 11.3 Å². The Balaban J connectivity index is 1.85. The first-order valence-corrected chi connectivity index (χ1v) is 6.86. The maximum Gasteiger partial charge on any atom is 0.226 e. The number of rotatable bonds is 4.